The van der Waals surface area contributed by atoms with Crippen molar-refractivity contribution in [2.24, 2.45) is 11.8 Å². The van der Waals surface area contributed by atoms with Crippen molar-refractivity contribution >= 4 is 98.1 Å². The van der Waals surface area contributed by atoms with Crippen LogP contribution in [0.5, 0.6) is 17.2 Å². The first-order chi connectivity index (χ1) is 40.4. The molecule has 0 radical (unpaired) electrons. The second-order valence-corrected chi connectivity index (χ2v) is 22.5. The number of carbonyl (C=O) groups excluding carboxylic acids is 8. The van der Waals surface area contributed by atoms with Crippen molar-refractivity contribution in [3.8, 4) is 17.2 Å². The number of fused-ring (bicyclic) bond motifs is 4. The van der Waals surface area contributed by atoms with E-state index in [1.54, 1.807) is 67.5 Å². The van der Waals surface area contributed by atoms with Crippen LogP contribution in [0, 0.1) is 11.8 Å². The number of carboxylic acids is 1. The summed E-state index contributed by atoms with van der Waals surface area (Å²) in [4.78, 5) is 123. The van der Waals surface area contributed by atoms with Gasteiger partial charge in [-0.15, -0.1) is 11.6 Å². The van der Waals surface area contributed by atoms with E-state index in [4.69, 9.17) is 35.3 Å². The number of benzene rings is 4. The van der Waals surface area contributed by atoms with Crippen molar-refractivity contribution in [2.45, 2.75) is 90.8 Å². The van der Waals surface area contributed by atoms with E-state index in [0.29, 0.717) is 45.8 Å². The molecule has 458 valence electrons. The van der Waals surface area contributed by atoms with Gasteiger partial charge in [-0.25, -0.2) is 4.79 Å². The van der Waals surface area contributed by atoms with Crippen molar-refractivity contribution in [1.29, 1.82) is 0 Å². The normalized spacial score (nSPS) is 13.8. The summed E-state index contributed by atoms with van der Waals surface area (Å²) in [5.41, 5.74) is 2.30. The van der Waals surface area contributed by atoms with Gasteiger partial charge in [0.1, 0.15) is 47.6 Å². The van der Waals surface area contributed by atoms with Crippen LogP contribution in [0.15, 0.2) is 83.3 Å². The number of rotatable bonds is 30. The molecule has 1 aliphatic rings. The van der Waals surface area contributed by atoms with E-state index in [0.717, 1.165) is 17.5 Å². The molecule has 1 aromatic heterocycles. The number of nitrogens with zero attached hydrogens (tertiary/aromatic N) is 4. The zero-order valence-corrected chi connectivity index (χ0v) is 50.3. The van der Waals surface area contributed by atoms with Crippen LogP contribution >= 0.6 is 11.6 Å². The number of hydrogen-bond donors (Lipinski definition) is 6. The van der Waals surface area contributed by atoms with Gasteiger partial charge >= 0.3 is 12.1 Å². The number of nitrogens with one attached hydrogen (secondary N) is 5. The smallest absolute Gasteiger partial charge is 0.415 e. The second-order valence-electron chi connectivity index (χ2n) is 22.2. The first-order valence-corrected chi connectivity index (χ1v) is 28.8. The number of carboxylic acid groups (broad SMARTS) is 1. The maximum atomic E-state index is 14.3. The lowest BCUT2D eigenvalue weighted by molar-refractivity contribution is -0.139. The topological polar surface area (TPSA) is 288 Å². The van der Waals surface area contributed by atoms with E-state index in [1.165, 1.54) is 16.7 Å². The van der Waals surface area contributed by atoms with Gasteiger partial charge < -0.3 is 69.9 Å². The largest absolute Gasteiger partial charge is 0.492 e. The zero-order valence-electron chi connectivity index (χ0n) is 49.6. The Bertz CT molecular complexity index is 3200. The minimum absolute atomic E-state index is 0.0209. The lowest BCUT2D eigenvalue weighted by Crippen LogP contribution is -2.55. The summed E-state index contributed by atoms with van der Waals surface area (Å²) < 4.78 is 23.8. The molecule has 0 saturated carbocycles. The average molecular weight is 1200 g/mol. The predicted molar refractivity (Wildman–Crippen MR) is 321 cm³/mol. The van der Waals surface area contributed by atoms with Gasteiger partial charge in [-0.05, 0) is 105 Å². The molecule has 24 heteroatoms. The number of aliphatic carboxylic acids is 1. The highest BCUT2D eigenvalue weighted by molar-refractivity contribution is 6.19. The number of amides is 8. The van der Waals surface area contributed by atoms with Gasteiger partial charge in [0, 0.05) is 94.0 Å². The fourth-order valence-corrected chi connectivity index (χ4v) is 9.54. The molecule has 0 saturated heterocycles. The number of furan rings is 1. The molecule has 4 aromatic carbocycles. The van der Waals surface area contributed by atoms with Crippen LogP contribution in [0.1, 0.15) is 88.8 Å². The molecule has 8 amide bonds. The Kier molecular flexibility index (Phi) is 23.9. The summed E-state index contributed by atoms with van der Waals surface area (Å²) in [5, 5.41) is 24.2. The van der Waals surface area contributed by atoms with Gasteiger partial charge in [0.25, 0.3) is 11.8 Å². The fraction of sp³-hybridized carbons (Fsp3) is 0.459. The van der Waals surface area contributed by atoms with Gasteiger partial charge in [-0.3, -0.25) is 38.4 Å². The maximum absolute atomic E-state index is 14.3. The Hall–Kier alpha value is -8.44. The molecular weight excluding hydrogens is 1120 g/mol. The fourth-order valence-electron chi connectivity index (χ4n) is 9.29. The van der Waals surface area contributed by atoms with E-state index in [-0.39, 0.29) is 112 Å². The maximum Gasteiger partial charge on any atom is 0.415 e. The van der Waals surface area contributed by atoms with E-state index in [9.17, 15) is 43.2 Å². The Labute approximate surface area is 499 Å². The molecule has 1 aliphatic heterocycles. The molecule has 0 unspecified atom stereocenters. The second kappa shape index (κ2) is 30.9. The van der Waals surface area contributed by atoms with Crippen LogP contribution in [0.4, 0.5) is 16.2 Å². The van der Waals surface area contributed by atoms with Crippen molar-refractivity contribution in [3.05, 3.63) is 90.2 Å². The van der Waals surface area contributed by atoms with Gasteiger partial charge in [0.05, 0.1) is 12.1 Å². The van der Waals surface area contributed by atoms with Gasteiger partial charge in [0.2, 0.25) is 29.5 Å². The Morgan fingerprint density at radius 3 is 2.02 bits per heavy atom. The molecule has 6 rings (SSSR count). The van der Waals surface area contributed by atoms with Crippen LogP contribution in [-0.4, -0.2) is 171 Å². The van der Waals surface area contributed by atoms with Gasteiger partial charge in [0.15, 0.2) is 12.4 Å². The average Bonchev–Trinajstić information content (AvgIpc) is 2.54. The molecule has 5 aromatic rings. The number of halogens is 1. The summed E-state index contributed by atoms with van der Waals surface area (Å²) in [6.07, 6.45) is -0.931. The molecule has 0 fully saturated rings. The monoisotopic (exact) mass is 1200 g/mol. The summed E-state index contributed by atoms with van der Waals surface area (Å²) in [6, 6.07) is 19.4. The quantitative estimate of drug-likeness (QED) is 0.0273. The Morgan fingerprint density at radius 1 is 0.706 bits per heavy atom. The van der Waals surface area contributed by atoms with Crippen LogP contribution in [0.25, 0.3) is 21.7 Å². The number of hydrogen-bond acceptors (Lipinski definition) is 14. The van der Waals surface area contributed by atoms with E-state index in [1.807, 2.05) is 77.0 Å². The highest BCUT2D eigenvalue weighted by Crippen LogP contribution is 2.46. The molecule has 23 nitrogen and oxygen atoms in total. The van der Waals surface area contributed by atoms with Gasteiger partial charge in [-0.1, -0.05) is 52.0 Å². The lowest BCUT2D eigenvalue weighted by atomic mass is 9.95. The van der Waals surface area contributed by atoms with Crippen molar-refractivity contribution in [3.63, 3.8) is 0 Å². The third-order valence-electron chi connectivity index (χ3n) is 13.9. The number of alkyl halides is 1. The molecule has 0 bridgehead atoms. The first-order valence-electron chi connectivity index (χ1n) is 28.2. The van der Waals surface area contributed by atoms with Crippen molar-refractivity contribution in [2.75, 3.05) is 90.2 Å². The summed E-state index contributed by atoms with van der Waals surface area (Å²) in [7, 11) is 7.05. The third kappa shape index (κ3) is 19.0. The Morgan fingerprint density at radius 2 is 1.36 bits per heavy atom. The molecule has 0 aliphatic carbocycles. The highest BCUT2D eigenvalue weighted by atomic mass is 35.5. The SMILES string of the molecule is CC(C)C[C@H](NC(=O)CCNC(=O)CCC(=O)O)C(=O)N[C@@H](C)C(=O)N[C@@H](CC(C)C)C(=O)Nc1ccc(OCC(=O)N(C)CCN(C)C(=O)Oc2cc3c(c4ccccc24)[C@H](CCl)CN3C(=O)c2cc3cc(OCCN(C)C)ccc3o2)cc1. The number of carbonyl (C=O) groups is 9. The molecule has 0 spiro atoms. The summed E-state index contributed by atoms with van der Waals surface area (Å²) >= 11 is 6.55. The van der Waals surface area contributed by atoms with Crippen molar-refractivity contribution in [1.82, 2.24) is 36.0 Å². The van der Waals surface area contributed by atoms with Crippen molar-refractivity contribution < 1.29 is 66.9 Å². The number of ether oxygens (including phenoxy) is 3. The van der Waals surface area contributed by atoms with Crippen LogP contribution in [-0.2, 0) is 33.6 Å². The number of anilines is 2. The third-order valence-corrected chi connectivity index (χ3v) is 14.3. The highest BCUT2D eigenvalue weighted by Gasteiger charge is 2.37. The molecular formula is C61H78ClN9O14. The van der Waals surface area contributed by atoms with E-state index in [2.05, 4.69) is 26.6 Å². The van der Waals surface area contributed by atoms with E-state index >= 15 is 0 Å². The molecule has 6 N–H and O–H groups in total. The van der Waals surface area contributed by atoms with Gasteiger partial charge in [-0.2, -0.15) is 0 Å². The minimum Gasteiger partial charge on any atom is -0.492 e. The molecule has 4 atom stereocenters. The molecule has 2 heterocycles. The van der Waals surface area contributed by atoms with Crippen LogP contribution < -0.4 is 45.7 Å². The predicted octanol–water partition coefficient (Wildman–Crippen LogP) is 6.35. The summed E-state index contributed by atoms with van der Waals surface area (Å²) in [6.45, 7) is 10.3. The number of likely N-dealkylation sites (N-methyl/N-ethyl adjacent to an activating group) is 3. The summed E-state index contributed by atoms with van der Waals surface area (Å²) in [5.74, 6) is -3.39. The van der Waals surface area contributed by atoms with E-state index < -0.39 is 59.7 Å². The first kappa shape index (κ1) is 65.7. The lowest BCUT2D eigenvalue weighted by Gasteiger charge is -2.25. The van der Waals surface area contributed by atoms with Crippen LogP contribution in [0.3, 0.4) is 0 Å². The molecule has 85 heavy (non-hydrogen) atoms. The zero-order chi connectivity index (χ0) is 62.1. The standard InChI is InChI=1S/C61H78ClN9O14/c1-36(2)28-46(66-53(73)22-23-63-52(72)20-21-55(75)76)58(78)64-38(5)57(77)67-47(29-37(3)4)59(79)65-41-14-16-42(17-15-41)83-35-54(74)69(8)24-25-70(9)61(81)85-50-32-48-56(45-13-11-10-12-44(45)50)40(33-62)34-71(48)60(80)51-31-39-30-43(18-19-49(39)84-51)82-27-26-68(6)7/h10-19,30-32,36-38,40,46-47H,20-29,33-35H2,1-9H3,(H,63,72)(H,64,78)(H,65,79)(H,66,73)(H,67,77)(H,75,76)/t38-,40+,46-,47-/m0/s1. The minimum atomic E-state index is -1.12. The Balaban J connectivity index is 0.983. The van der Waals surface area contributed by atoms with Crippen LogP contribution in [0.2, 0.25) is 0 Å².